The fraction of sp³-hybridized carbons (Fsp3) is 0.562. The summed E-state index contributed by atoms with van der Waals surface area (Å²) in [5, 5.41) is 3.93. The molecule has 0 aromatic carbocycles. The van der Waals surface area contributed by atoms with Crippen molar-refractivity contribution >= 4 is 15.9 Å². The molecule has 1 atom stereocenters. The molecule has 3 rings (SSSR count). The lowest BCUT2D eigenvalue weighted by molar-refractivity contribution is -0.133. The predicted molar refractivity (Wildman–Crippen MR) is 95.8 cm³/mol. The van der Waals surface area contributed by atoms with Gasteiger partial charge in [-0.1, -0.05) is 5.16 Å². The third kappa shape index (κ3) is 5.07. The van der Waals surface area contributed by atoms with Crippen LogP contribution in [0.1, 0.15) is 18.7 Å². The largest absolute Gasteiger partial charge is 0.341 e. The number of piperidine rings is 1. The van der Waals surface area contributed by atoms with Gasteiger partial charge in [0.1, 0.15) is 5.69 Å². The molecule has 0 radical (unpaired) electrons. The van der Waals surface area contributed by atoms with E-state index < -0.39 is 10.0 Å². The normalized spacial score (nSPS) is 18.0. The second-order valence-electron chi connectivity index (χ2n) is 6.67. The number of aromatic nitrogens is 4. The molecule has 1 fully saturated rings. The summed E-state index contributed by atoms with van der Waals surface area (Å²) in [7, 11) is -1.98. The van der Waals surface area contributed by atoms with E-state index in [4.69, 9.17) is 4.52 Å². The monoisotopic (exact) mass is 394 g/mol. The number of carbonyl (C=O) groups excluding carboxylic acids is 1. The molecule has 0 aliphatic carbocycles. The Labute approximate surface area is 157 Å². The second kappa shape index (κ2) is 8.09. The van der Waals surface area contributed by atoms with Crippen molar-refractivity contribution in [1.82, 2.24) is 29.3 Å². The minimum absolute atomic E-state index is 0.150. The van der Waals surface area contributed by atoms with E-state index in [1.807, 2.05) is 0 Å². The fourth-order valence-corrected chi connectivity index (χ4v) is 3.31. The van der Waals surface area contributed by atoms with Gasteiger partial charge >= 0.3 is 0 Å². The lowest BCUT2D eigenvalue weighted by atomic mass is 9.94. The highest BCUT2D eigenvalue weighted by atomic mass is 32.2. The van der Waals surface area contributed by atoms with Crippen molar-refractivity contribution in [3.63, 3.8) is 0 Å². The van der Waals surface area contributed by atoms with Gasteiger partial charge in [-0.2, -0.15) is 9.29 Å². The summed E-state index contributed by atoms with van der Waals surface area (Å²) in [5.41, 5.74) is 0.539. The molecule has 1 aliphatic heterocycles. The quantitative estimate of drug-likeness (QED) is 0.681. The third-order valence-corrected chi connectivity index (χ3v) is 5.78. The van der Waals surface area contributed by atoms with E-state index in [0.29, 0.717) is 36.9 Å². The summed E-state index contributed by atoms with van der Waals surface area (Å²) < 4.78 is 29.4. The second-order valence-corrected chi connectivity index (χ2v) is 8.76. The first-order valence-corrected chi connectivity index (χ1v) is 10.5. The summed E-state index contributed by atoms with van der Waals surface area (Å²) in [6.45, 7) is 1.02. The Kier molecular flexibility index (Phi) is 5.80. The standard InChI is InChI=1S/C16H22N6O4S/c1-21(27(2,24)25)11-15(23)22-7-3-4-12(10-22)8-14-19-16(20-26-14)13-9-17-5-6-18-13/h5-6,9,12H,3-4,7-8,10-11H2,1-2H3. The van der Waals surface area contributed by atoms with Gasteiger partial charge in [-0.25, -0.2) is 13.4 Å². The average molecular weight is 394 g/mol. The van der Waals surface area contributed by atoms with Gasteiger partial charge in [0.05, 0.1) is 19.0 Å². The van der Waals surface area contributed by atoms with Crippen molar-refractivity contribution in [3.05, 3.63) is 24.5 Å². The maximum absolute atomic E-state index is 12.4. The predicted octanol–water partition coefficient (Wildman–Crippen LogP) is 0.199. The smallest absolute Gasteiger partial charge is 0.237 e. The lowest BCUT2D eigenvalue weighted by Crippen LogP contribution is -2.45. The lowest BCUT2D eigenvalue weighted by Gasteiger charge is -2.33. The Balaban J connectivity index is 1.59. The summed E-state index contributed by atoms with van der Waals surface area (Å²) in [4.78, 5) is 26.6. The molecule has 11 heteroatoms. The number of likely N-dealkylation sites (tertiary alicyclic amines) is 1. The van der Waals surface area contributed by atoms with Gasteiger partial charge in [-0.3, -0.25) is 9.78 Å². The van der Waals surface area contributed by atoms with E-state index in [1.165, 1.54) is 7.05 Å². The molecule has 2 aromatic heterocycles. The van der Waals surface area contributed by atoms with Crippen LogP contribution in [-0.4, -0.2) is 76.6 Å². The van der Waals surface area contributed by atoms with Crippen LogP contribution in [0.25, 0.3) is 11.5 Å². The van der Waals surface area contributed by atoms with E-state index in [-0.39, 0.29) is 18.4 Å². The Morgan fingerprint density at radius 3 is 2.93 bits per heavy atom. The first-order chi connectivity index (χ1) is 12.8. The maximum Gasteiger partial charge on any atom is 0.237 e. The van der Waals surface area contributed by atoms with Crippen LogP contribution < -0.4 is 0 Å². The van der Waals surface area contributed by atoms with E-state index >= 15 is 0 Å². The van der Waals surface area contributed by atoms with Crippen LogP contribution in [-0.2, 0) is 21.2 Å². The fourth-order valence-electron chi connectivity index (χ4n) is 2.97. The Morgan fingerprint density at radius 2 is 2.22 bits per heavy atom. The van der Waals surface area contributed by atoms with E-state index in [1.54, 1.807) is 23.5 Å². The van der Waals surface area contributed by atoms with Crippen LogP contribution >= 0.6 is 0 Å². The zero-order chi connectivity index (χ0) is 19.4. The number of rotatable bonds is 6. The summed E-state index contributed by atoms with van der Waals surface area (Å²) in [6.07, 6.45) is 8.12. The van der Waals surface area contributed by atoms with Crippen molar-refractivity contribution in [1.29, 1.82) is 0 Å². The maximum atomic E-state index is 12.4. The summed E-state index contributed by atoms with van der Waals surface area (Å²) >= 11 is 0. The van der Waals surface area contributed by atoms with Crippen LogP contribution in [0.4, 0.5) is 0 Å². The summed E-state index contributed by atoms with van der Waals surface area (Å²) in [5.74, 6) is 0.861. The first kappa shape index (κ1) is 19.4. The zero-order valence-corrected chi connectivity index (χ0v) is 16.1. The molecule has 1 unspecified atom stereocenters. The van der Waals surface area contributed by atoms with E-state index in [9.17, 15) is 13.2 Å². The first-order valence-electron chi connectivity index (χ1n) is 8.61. The van der Waals surface area contributed by atoms with E-state index in [2.05, 4.69) is 20.1 Å². The summed E-state index contributed by atoms with van der Waals surface area (Å²) in [6, 6.07) is 0. The van der Waals surface area contributed by atoms with Gasteiger partial charge in [0, 0.05) is 39.0 Å². The number of hydrogen-bond acceptors (Lipinski definition) is 8. The van der Waals surface area contributed by atoms with Crippen LogP contribution in [0.3, 0.4) is 0 Å². The molecular formula is C16H22N6O4S. The number of nitrogens with zero attached hydrogens (tertiary/aromatic N) is 6. The molecule has 3 heterocycles. The van der Waals surface area contributed by atoms with Crippen molar-refractivity contribution in [2.45, 2.75) is 19.3 Å². The van der Waals surface area contributed by atoms with Gasteiger partial charge in [-0.05, 0) is 18.8 Å². The Morgan fingerprint density at radius 1 is 1.41 bits per heavy atom. The van der Waals surface area contributed by atoms with Crippen LogP contribution in [0.2, 0.25) is 0 Å². The highest BCUT2D eigenvalue weighted by Crippen LogP contribution is 2.21. The van der Waals surface area contributed by atoms with Crippen molar-refractivity contribution in [3.8, 4) is 11.5 Å². The SMILES string of the molecule is CN(CC(=O)N1CCCC(Cc2nc(-c3cnccn3)no2)C1)S(C)(=O)=O. The molecule has 1 aliphatic rings. The molecule has 1 saturated heterocycles. The molecule has 0 spiro atoms. The van der Waals surface area contributed by atoms with Crippen molar-refractivity contribution in [2.75, 3.05) is 32.9 Å². The van der Waals surface area contributed by atoms with E-state index in [0.717, 1.165) is 23.4 Å². The highest BCUT2D eigenvalue weighted by molar-refractivity contribution is 7.88. The zero-order valence-electron chi connectivity index (χ0n) is 15.3. The molecule has 10 nitrogen and oxygen atoms in total. The molecule has 0 N–H and O–H groups in total. The van der Waals surface area contributed by atoms with Gasteiger partial charge in [0.25, 0.3) is 0 Å². The minimum atomic E-state index is -3.38. The molecule has 27 heavy (non-hydrogen) atoms. The van der Waals surface area contributed by atoms with Gasteiger partial charge < -0.3 is 9.42 Å². The van der Waals surface area contributed by atoms with Gasteiger partial charge in [0.15, 0.2) is 0 Å². The molecule has 0 bridgehead atoms. The van der Waals surface area contributed by atoms with Crippen molar-refractivity contribution < 1.29 is 17.7 Å². The van der Waals surface area contributed by atoms with Crippen molar-refractivity contribution in [2.24, 2.45) is 5.92 Å². The number of carbonyl (C=O) groups is 1. The third-order valence-electron chi connectivity index (χ3n) is 4.52. The van der Waals surface area contributed by atoms with Crippen LogP contribution in [0, 0.1) is 5.92 Å². The number of hydrogen-bond donors (Lipinski definition) is 0. The number of likely N-dealkylation sites (N-methyl/N-ethyl adjacent to an activating group) is 1. The van der Waals surface area contributed by atoms with Crippen LogP contribution in [0.15, 0.2) is 23.1 Å². The number of sulfonamides is 1. The molecule has 146 valence electrons. The molecule has 0 saturated carbocycles. The molecular weight excluding hydrogens is 372 g/mol. The minimum Gasteiger partial charge on any atom is -0.341 e. The number of amides is 1. The topological polar surface area (TPSA) is 122 Å². The molecule has 1 amide bonds. The Bertz CT molecular complexity index is 885. The van der Waals surface area contributed by atoms with Gasteiger partial charge in [0.2, 0.25) is 27.6 Å². The van der Waals surface area contributed by atoms with Crippen LogP contribution in [0.5, 0.6) is 0 Å². The highest BCUT2D eigenvalue weighted by Gasteiger charge is 2.27. The van der Waals surface area contributed by atoms with Gasteiger partial charge in [-0.15, -0.1) is 0 Å². The average Bonchev–Trinajstić information content (AvgIpc) is 3.10. The Hall–Kier alpha value is -2.40. The molecule has 2 aromatic rings.